The van der Waals surface area contributed by atoms with E-state index in [0.29, 0.717) is 30.3 Å². The third-order valence-corrected chi connectivity index (χ3v) is 4.15. The molecule has 0 fully saturated rings. The molecule has 1 aliphatic rings. The van der Waals surface area contributed by atoms with Gasteiger partial charge in [-0.05, 0) is 25.5 Å². The summed E-state index contributed by atoms with van der Waals surface area (Å²) in [4.78, 5) is 19.1. The van der Waals surface area contributed by atoms with Crippen LogP contribution in [0.3, 0.4) is 0 Å². The minimum Gasteiger partial charge on any atom is -0.435 e. The van der Waals surface area contributed by atoms with Crippen molar-refractivity contribution in [1.82, 2.24) is 14.5 Å². The Kier molecular flexibility index (Phi) is 3.57. The lowest BCUT2D eigenvalue weighted by atomic mass is 10.1. The second-order valence-electron chi connectivity index (χ2n) is 5.42. The molecule has 5 nitrogen and oxygen atoms in total. The van der Waals surface area contributed by atoms with Crippen molar-refractivity contribution >= 4 is 5.91 Å². The van der Waals surface area contributed by atoms with Crippen molar-refractivity contribution in [2.75, 3.05) is 6.54 Å². The molecule has 3 heterocycles. The zero-order chi connectivity index (χ0) is 15.0. The highest BCUT2D eigenvalue weighted by molar-refractivity contribution is 5.92. The number of hydrogen-bond acceptors (Lipinski definition) is 3. The van der Waals surface area contributed by atoms with E-state index < -0.39 is 0 Å². The summed E-state index contributed by atoms with van der Waals surface area (Å²) < 4.78 is 7.86. The van der Waals surface area contributed by atoms with Crippen molar-refractivity contribution in [3.8, 4) is 0 Å². The van der Waals surface area contributed by atoms with Crippen molar-refractivity contribution in [1.29, 1.82) is 0 Å². The monoisotopic (exact) mass is 287 g/mol. The van der Waals surface area contributed by atoms with Crippen LogP contribution in [0.2, 0.25) is 0 Å². The third-order valence-electron chi connectivity index (χ3n) is 4.15. The zero-order valence-electron chi connectivity index (χ0n) is 12.8. The Morgan fingerprint density at radius 2 is 2.24 bits per heavy atom. The molecular formula is C16H21N3O2. The highest BCUT2D eigenvalue weighted by Crippen LogP contribution is 2.30. The van der Waals surface area contributed by atoms with Crippen LogP contribution < -0.4 is 0 Å². The summed E-state index contributed by atoms with van der Waals surface area (Å²) in [5, 5.41) is 0. The van der Waals surface area contributed by atoms with Gasteiger partial charge < -0.3 is 13.9 Å². The molecule has 0 radical (unpaired) electrons. The van der Waals surface area contributed by atoms with Crippen molar-refractivity contribution < 1.29 is 9.21 Å². The zero-order valence-corrected chi connectivity index (χ0v) is 12.8. The molecule has 1 amide bonds. The fourth-order valence-corrected chi connectivity index (χ4v) is 3.07. The average molecular weight is 287 g/mol. The molecule has 1 aliphatic heterocycles. The minimum absolute atomic E-state index is 0.0426. The van der Waals surface area contributed by atoms with Crippen LogP contribution in [0.15, 0.2) is 22.7 Å². The first-order valence-corrected chi connectivity index (χ1v) is 7.58. The van der Waals surface area contributed by atoms with Gasteiger partial charge in [-0.2, -0.15) is 0 Å². The molecule has 0 saturated heterocycles. The Morgan fingerprint density at radius 3 is 2.90 bits per heavy atom. The van der Waals surface area contributed by atoms with E-state index in [1.165, 1.54) is 5.69 Å². The summed E-state index contributed by atoms with van der Waals surface area (Å²) in [6, 6.07) is 4.25. The molecule has 0 N–H and O–H groups in total. The molecule has 5 heteroatoms. The molecule has 0 unspecified atom stereocenters. The normalized spacial score (nSPS) is 17.9. The second kappa shape index (κ2) is 5.39. The van der Waals surface area contributed by atoms with Gasteiger partial charge in [-0.3, -0.25) is 4.79 Å². The summed E-state index contributed by atoms with van der Waals surface area (Å²) in [5.41, 5.74) is 1.89. The Bertz CT molecular complexity index is 656. The van der Waals surface area contributed by atoms with Crippen molar-refractivity contribution in [3.05, 3.63) is 41.4 Å². The summed E-state index contributed by atoms with van der Waals surface area (Å²) in [7, 11) is 0. The highest BCUT2D eigenvalue weighted by atomic mass is 16.4. The molecule has 0 aromatic carbocycles. The number of hydrogen-bond donors (Lipinski definition) is 0. The van der Waals surface area contributed by atoms with Gasteiger partial charge in [0, 0.05) is 31.4 Å². The maximum Gasteiger partial charge on any atom is 0.292 e. The van der Waals surface area contributed by atoms with Crippen LogP contribution in [-0.2, 0) is 13.0 Å². The van der Waals surface area contributed by atoms with E-state index >= 15 is 0 Å². The molecular weight excluding hydrogens is 266 g/mol. The third kappa shape index (κ3) is 2.26. The number of aromatic nitrogens is 2. The van der Waals surface area contributed by atoms with Gasteiger partial charge in [0.25, 0.3) is 5.91 Å². The lowest BCUT2D eigenvalue weighted by Gasteiger charge is -2.36. The lowest BCUT2D eigenvalue weighted by molar-refractivity contribution is 0.0582. The first-order chi connectivity index (χ1) is 10.2. The van der Waals surface area contributed by atoms with Crippen molar-refractivity contribution in [2.45, 2.75) is 46.2 Å². The maximum absolute atomic E-state index is 12.8. The average Bonchev–Trinajstić information content (AvgIpc) is 3.11. The first-order valence-electron chi connectivity index (χ1n) is 7.58. The van der Waals surface area contributed by atoms with Crippen LogP contribution in [-0.4, -0.2) is 26.9 Å². The van der Waals surface area contributed by atoms with Gasteiger partial charge in [0.15, 0.2) is 5.89 Å². The van der Waals surface area contributed by atoms with Crippen LogP contribution in [0.1, 0.15) is 54.1 Å². The molecule has 0 spiro atoms. The highest BCUT2D eigenvalue weighted by Gasteiger charge is 2.32. The van der Waals surface area contributed by atoms with E-state index in [1.807, 2.05) is 24.8 Å². The van der Waals surface area contributed by atoms with Gasteiger partial charge in [0.05, 0.1) is 11.7 Å². The SMILES string of the molecule is CCc1nc(C)c(C(=O)N2CCn3cccc3[C@H]2CC)o1. The molecule has 112 valence electrons. The number of carbonyl (C=O) groups excluding carboxylic acids is 1. The lowest BCUT2D eigenvalue weighted by Crippen LogP contribution is -2.41. The van der Waals surface area contributed by atoms with Crippen LogP contribution in [0.4, 0.5) is 0 Å². The predicted octanol–water partition coefficient (Wildman–Crippen LogP) is 2.95. The number of aryl methyl sites for hydroxylation is 2. The molecule has 0 saturated carbocycles. The van der Waals surface area contributed by atoms with E-state index in [-0.39, 0.29) is 11.9 Å². The van der Waals surface area contributed by atoms with Gasteiger partial charge in [-0.1, -0.05) is 13.8 Å². The van der Waals surface area contributed by atoms with Gasteiger partial charge in [0.2, 0.25) is 5.76 Å². The smallest absolute Gasteiger partial charge is 0.292 e. The predicted molar refractivity (Wildman–Crippen MR) is 79.1 cm³/mol. The molecule has 1 atom stereocenters. The van der Waals surface area contributed by atoms with Crippen molar-refractivity contribution in [3.63, 3.8) is 0 Å². The number of rotatable bonds is 3. The number of amides is 1. The van der Waals surface area contributed by atoms with Crippen LogP contribution >= 0.6 is 0 Å². The Morgan fingerprint density at radius 1 is 1.43 bits per heavy atom. The number of nitrogens with zero attached hydrogens (tertiary/aromatic N) is 3. The Balaban J connectivity index is 1.92. The standard InChI is InChI=1S/C16H21N3O2/c1-4-12-13-7-6-8-18(13)9-10-19(12)16(20)15-11(3)17-14(5-2)21-15/h6-8,12H,4-5,9-10H2,1-3H3/t12-/m1/s1. The quantitative estimate of drug-likeness (QED) is 0.872. The molecule has 0 aliphatic carbocycles. The van der Waals surface area contributed by atoms with Gasteiger partial charge >= 0.3 is 0 Å². The van der Waals surface area contributed by atoms with Gasteiger partial charge in [-0.25, -0.2) is 4.98 Å². The minimum atomic E-state index is -0.0426. The molecule has 3 rings (SSSR count). The number of oxazole rings is 1. The number of carbonyl (C=O) groups is 1. The largest absolute Gasteiger partial charge is 0.435 e. The summed E-state index contributed by atoms with van der Waals surface area (Å²) in [6.45, 7) is 7.46. The van der Waals surface area contributed by atoms with Crippen LogP contribution in [0, 0.1) is 6.92 Å². The van der Waals surface area contributed by atoms with Gasteiger partial charge in [-0.15, -0.1) is 0 Å². The van der Waals surface area contributed by atoms with Crippen LogP contribution in [0.5, 0.6) is 0 Å². The van der Waals surface area contributed by atoms with Crippen molar-refractivity contribution in [2.24, 2.45) is 0 Å². The fourth-order valence-electron chi connectivity index (χ4n) is 3.07. The summed E-state index contributed by atoms with van der Waals surface area (Å²) in [5.74, 6) is 0.980. The second-order valence-corrected chi connectivity index (χ2v) is 5.42. The number of fused-ring (bicyclic) bond motifs is 1. The summed E-state index contributed by atoms with van der Waals surface area (Å²) >= 11 is 0. The first kappa shape index (κ1) is 13.9. The molecule has 2 aromatic rings. The van der Waals surface area contributed by atoms with E-state index in [9.17, 15) is 4.79 Å². The van der Waals surface area contributed by atoms with E-state index in [4.69, 9.17) is 4.42 Å². The topological polar surface area (TPSA) is 51.3 Å². The van der Waals surface area contributed by atoms with Gasteiger partial charge in [0.1, 0.15) is 0 Å². The fraction of sp³-hybridized carbons (Fsp3) is 0.500. The van der Waals surface area contributed by atoms with E-state index in [2.05, 4.69) is 28.7 Å². The van der Waals surface area contributed by atoms with Crippen LogP contribution in [0.25, 0.3) is 0 Å². The molecule has 21 heavy (non-hydrogen) atoms. The Labute approximate surface area is 124 Å². The molecule has 2 aromatic heterocycles. The Hall–Kier alpha value is -2.04. The van der Waals surface area contributed by atoms with E-state index in [0.717, 1.165) is 13.0 Å². The maximum atomic E-state index is 12.8. The van der Waals surface area contributed by atoms with E-state index in [1.54, 1.807) is 0 Å². The summed E-state index contributed by atoms with van der Waals surface area (Å²) in [6.07, 6.45) is 3.67. The molecule has 0 bridgehead atoms.